The van der Waals surface area contributed by atoms with Gasteiger partial charge in [-0.15, -0.1) is 0 Å². The molecule has 0 spiro atoms. The number of nitrogens with zero attached hydrogens (tertiary/aromatic N) is 2. The smallest absolute Gasteiger partial charge is 0.273 e. The Morgan fingerprint density at radius 2 is 1.85 bits per heavy atom. The zero-order chi connectivity index (χ0) is 24.1. The number of piperidine rings is 1. The second-order valence-corrected chi connectivity index (χ2v) is 9.53. The van der Waals surface area contributed by atoms with E-state index < -0.39 is 0 Å². The highest BCUT2D eigenvalue weighted by atomic mass is 35.5. The van der Waals surface area contributed by atoms with Crippen molar-refractivity contribution in [3.8, 4) is 17.1 Å². The summed E-state index contributed by atoms with van der Waals surface area (Å²) < 4.78 is 11.3. The first-order valence-electron chi connectivity index (χ1n) is 11.9. The second kappa shape index (κ2) is 11.1. The number of hydrogen-bond donors (Lipinski definition) is 1. The normalized spacial score (nSPS) is 15.3. The van der Waals surface area contributed by atoms with Gasteiger partial charge in [0, 0.05) is 23.2 Å². The van der Waals surface area contributed by atoms with Crippen molar-refractivity contribution in [3.05, 3.63) is 70.4 Å². The van der Waals surface area contributed by atoms with Crippen LogP contribution in [0.25, 0.3) is 11.3 Å². The highest BCUT2D eigenvalue weighted by Gasteiger charge is 2.24. The molecule has 7 heteroatoms. The fraction of sp³-hybridized carbons (Fsp3) is 0.407. The van der Waals surface area contributed by atoms with E-state index in [1.165, 1.54) is 19.3 Å². The van der Waals surface area contributed by atoms with E-state index in [9.17, 15) is 4.79 Å². The van der Waals surface area contributed by atoms with Crippen LogP contribution in [0, 0.1) is 6.92 Å². The van der Waals surface area contributed by atoms with Crippen molar-refractivity contribution < 1.29 is 14.1 Å². The van der Waals surface area contributed by atoms with E-state index >= 15 is 0 Å². The number of rotatable bonds is 8. The number of aryl methyl sites for hydroxylation is 1. The Bertz CT molecular complexity index is 1100. The van der Waals surface area contributed by atoms with Gasteiger partial charge in [0.2, 0.25) is 0 Å². The number of likely N-dealkylation sites (tertiary alicyclic amines) is 1. The van der Waals surface area contributed by atoms with Gasteiger partial charge in [0.1, 0.15) is 5.75 Å². The van der Waals surface area contributed by atoms with Crippen molar-refractivity contribution in [2.45, 2.75) is 52.2 Å². The summed E-state index contributed by atoms with van der Waals surface area (Å²) in [6.07, 6.45) is 3.70. The van der Waals surface area contributed by atoms with Gasteiger partial charge in [0.05, 0.1) is 12.1 Å². The molecule has 2 aromatic carbocycles. The quantitative estimate of drug-likeness (QED) is 0.424. The lowest BCUT2D eigenvalue weighted by molar-refractivity contribution is 0.0915. The summed E-state index contributed by atoms with van der Waals surface area (Å²) in [5.41, 5.74) is 3.27. The molecular weight excluding hydrogens is 450 g/mol. The van der Waals surface area contributed by atoms with E-state index in [1.807, 2.05) is 63.2 Å². The third-order valence-corrected chi connectivity index (χ3v) is 6.36. The highest BCUT2D eigenvalue weighted by molar-refractivity contribution is 6.30. The monoisotopic (exact) mass is 481 g/mol. The van der Waals surface area contributed by atoms with E-state index in [2.05, 4.69) is 15.4 Å². The van der Waals surface area contributed by atoms with Crippen LogP contribution >= 0.6 is 11.6 Å². The summed E-state index contributed by atoms with van der Waals surface area (Å²) in [5, 5.41) is 7.79. The van der Waals surface area contributed by atoms with Crippen LogP contribution in [0.4, 0.5) is 0 Å². The third-order valence-electron chi connectivity index (χ3n) is 6.11. The van der Waals surface area contributed by atoms with Crippen molar-refractivity contribution in [2.75, 3.05) is 19.6 Å². The minimum Gasteiger partial charge on any atom is -0.491 e. The number of carbonyl (C=O) groups excluding carboxylic acids is 1. The van der Waals surface area contributed by atoms with Gasteiger partial charge in [-0.25, -0.2) is 0 Å². The van der Waals surface area contributed by atoms with Crippen LogP contribution in [0.3, 0.4) is 0 Å². The van der Waals surface area contributed by atoms with E-state index in [-0.39, 0.29) is 23.7 Å². The molecule has 1 fully saturated rings. The van der Waals surface area contributed by atoms with Crippen molar-refractivity contribution in [1.82, 2.24) is 15.4 Å². The number of amides is 1. The largest absolute Gasteiger partial charge is 0.491 e. The summed E-state index contributed by atoms with van der Waals surface area (Å²) >= 11 is 6.09. The molecule has 1 atom stereocenters. The van der Waals surface area contributed by atoms with Crippen LogP contribution in [0.5, 0.6) is 5.75 Å². The van der Waals surface area contributed by atoms with Crippen molar-refractivity contribution in [1.29, 1.82) is 0 Å². The van der Waals surface area contributed by atoms with Crippen LogP contribution in [-0.4, -0.2) is 41.7 Å². The number of halogens is 1. The average Bonchev–Trinajstić information content (AvgIpc) is 3.32. The minimum absolute atomic E-state index is 0.0871. The second-order valence-electron chi connectivity index (χ2n) is 9.10. The molecule has 1 unspecified atom stereocenters. The Morgan fingerprint density at radius 3 is 2.53 bits per heavy atom. The van der Waals surface area contributed by atoms with Gasteiger partial charge in [0.25, 0.3) is 5.91 Å². The number of aromatic nitrogens is 1. The summed E-state index contributed by atoms with van der Waals surface area (Å²) in [6.45, 7) is 8.51. The Kier molecular flexibility index (Phi) is 7.91. The molecular formula is C27H32ClN3O3. The molecule has 0 aliphatic carbocycles. The van der Waals surface area contributed by atoms with Gasteiger partial charge < -0.3 is 14.6 Å². The number of carbonyl (C=O) groups is 1. The summed E-state index contributed by atoms with van der Waals surface area (Å²) in [4.78, 5) is 15.3. The van der Waals surface area contributed by atoms with Gasteiger partial charge in [-0.3, -0.25) is 9.69 Å². The summed E-state index contributed by atoms with van der Waals surface area (Å²) in [6, 6.07) is 15.5. The Hall–Kier alpha value is -2.83. The molecule has 0 bridgehead atoms. The average molecular weight is 482 g/mol. The number of hydrogen-bond acceptors (Lipinski definition) is 5. The molecule has 0 radical (unpaired) electrons. The molecule has 1 aliphatic heterocycles. The molecule has 3 aromatic rings. The lowest BCUT2D eigenvalue weighted by Gasteiger charge is -2.35. The SMILES string of the molecule is Cc1cc(-c2cc(C(=O)NCC(c3ccc(Cl)cc3)N3CCCCC3)no2)ccc1OC(C)C. The first-order chi connectivity index (χ1) is 16.4. The van der Waals surface area contributed by atoms with Crippen LogP contribution in [0.1, 0.15) is 60.8 Å². The molecule has 1 N–H and O–H groups in total. The first-order valence-corrected chi connectivity index (χ1v) is 12.3. The molecule has 1 aromatic heterocycles. The zero-order valence-electron chi connectivity index (χ0n) is 20.0. The number of nitrogens with one attached hydrogen (secondary N) is 1. The number of benzene rings is 2. The van der Waals surface area contributed by atoms with E-state index in [0.29, 0.717) is 17.3 Å². The topological polar surface area (TPSA) is 67.6 Å². The first kappa shape index (κ1) is 24.3. The summed E-state index contributed by atoms with van der Waals surface area (Å²) in [7, 11) is 0. The lowest BCUT2D eigenvalue weighted by Crippen LogP contribution is -2.40. The van der Waals surface area contributed by atoms with Crippen LogP contribution < -0.4 is 10.1 Å². The van der Waals surface area contributed by atoms with Gasteiger partial charge in [-0.2, -0.15) is 0 Å². The van der Waals surface area contributed by atoms with Gasteiger partial charge in [-0.1, -0.05) is 35.3 Å². The fourth-order valence-electron chi connectivity index (χ4n) is 4.36. The molecule has 1 saturated heterocycles. The molecule has 1 aliphatic rings. The number of ether oxygens (including phenoxy) is 1. The Balaban J connectivity index is 1.45. The third kappa shape index (κ3) is 5.99. The molecule has 1 amide bonds. The molecule has 4 rings (SSSR count). The molecule has 6 nitrogen and oxygen atoms in total. The summed E-state index contributed by atoms with van der Waals surface area (Å²) in [5.74, 6) is 1.14. The van der Waals surface area contributed by atoms with Gasteiger partial charge in [0.15, 0.2) is 11.5 Å². The molecule has 2 heterocycles. The highest BCUT2D eigenvalue weighted by Crippen LogP contribution is 2.28. The minimum atomic E-state index is -0.248. The van der Waals surface area contributed by atoms with Gasteiger partial charge in [-0.05, 0) is 88.2 Å². The van der Waals surface area contributed by atoms with E-state index in [1.54, 1.807) is 6.07 Å². The van der Waals surface area contributed by atoms with Crippen molar-refractivity contribution >= 4 is 17.5 Å². The standard InChI is InChI=1S/C27H32ClN3O3/c1-18(2)33-25-12-9-21(15-19(25)3)26-16-23(30-34-26)27(32)29-17-24(31-13-5-4-6-14-31)20-7-10-22(28)11-8-20/h7-12,15-16,18,24H,4-6,13-14,17H2,1-3H3,(H,29,32). The Morgan fingerprint density at radius 1 is 1.12 bits per heavy atom. The van der Waals surface area contributed by atoms with Crippen LogP contribution in [-0.2, 0) is 0 Å². The van der Waals surface area contributed by atoms with Crippen molar-refractivity contribution in [2.24, 2.45) is 0 Å². The van der Waals surface area contributed by atoms with E-state index in [0.717, 1.165) is 35.5 Å². The lowest BCUT2D eigenvalue weighted by atomic mass is 10.0. The van der Waals surface area contributed by atoms with Crippen LogP contribution in [0.15, 0.2) is 53.1 Å². The van der Waals surface area contributed by atoms with Crippen LogP contribution in [0.2, 0.25) is 5.02 Å². The predicted molar refractivity (Wildman–Crippen MR) is 134 cm³/mol. The fourth-order valence-corrected chi connectivity index (χ4v) is 4.49. The maximum Gasteiger partial charge on any atom is 0.273 e. The van der Waals surface area contributed by atoms with Crippen molar-refractivity contribution in [3.63, 3.8) is 0 Å². The zero-order valence-corrected chi connectivity index (χ0v) is 20.8. The predicted octanol–water partition coefficient (Wildman–Crippen LogP) is 6.05. The molecule has 180 valence electrons. The maximum atomic E-state index is 12.9. The maximum absolute atomic E-state index is 12.9. The van der Waals surface area contributed by atoms with E-state index in [4.69, 9.17) is 20.9 Å². The van der Waals surface area contributed by atoms with Gasteiger partial charge >= 0.3 is 0 Å². The molecule has 0 saturated carbocycles. The Labute approximate surface area is 206 Å². The molecule has 34 heavy (non-hydrogen) atoms.